The SMILES string of the molecule is CCOCCOC(C)C(=O)NCC1(c2ccc3c(c2)OCCO3)CCCC1. The van der Waals surface area contributed by atoms with Gasteiger partial charge < -0.3 is 24.3 Å². The van der Waals surface area contributed by atoms with Crippen molar-refractivity contribution in [2.45, 2.75) is 51.0 Å². The number of rotatable bonds is 9. The molecule has 1 amide bonds. The van der Waals surface area contributed by atoms with Crippen LogP contribution < -0.4 is 14.8 Å². The molecule has 1 atom stereocenters. The van der Waals surface area contributed by atoms with Gasteiger partial charge in [-0.2, -0.15) is 0 Å². The normalized spacial score (nSPS) is 18.9. The molecule has 0 saturated heterocycles. The fourth-order valence-electron chi connectivity index (χ4n) is 3.90. The molecular weight excluding hydrogens is 346 g/mol. The number of benzene rings is 1. The van der Waals surface area contributed by atoms with Gasteiger partial charge in [0.05, 0.1) is 13.2 Å². The average molecular weight is 377 g/mol. The van der Waals surface area contributed by atoms with Crippen molar-refractivity contribution in [1.29, 1.82) is 0 Å². The average Bonchev–Trinajstić information content (AvgIpc) is 3.19. The van der Waals surface area contributed by atoms with Crippen molar-refractivity contribution >= 4 is 5.91 Å². The second-order valence-corrected chi connectivity index (χ2v) is 7.27. The summed E-state index contributed by atoms with van der Waals surface area (Å²) in [4.78, 5) is 12.4. The molecule has 1 fully saturated rings. The maximum Gasteiger partial charge on any atom is 0.248 e. The van der Waals surface area contributed by atoms with Gasteiger partial charge in [-0.1, -0.05) is 18.9 Å². The zero-order chi connectivity index (χ0) is 19.1. The van der Waals surface area contributed by atoms with Gasteiger partial charge in [0.25, 0.3) is 0 Å². The number of fused-ring (bicyclic) bond motifs is 1. The molecule has 1 aliphatic carbocycles. The maximum atomic E-state index is 12.4. The molecule has 6 heteroatoms. The lowest BCUT2D eigenvalue weighted by Gasteiger charge is -2.31. The molecule has 1 N–H and O–H groups in total. The summed E-state index contributed by atoms with van der Waals surface area (Å²) in [6.07, 6.45) is 3.98. The highest BCUT2D eigenvalue weighted by molar-refractivity contribution is 5.80. The molecule has 0 radical (unpaired) electrons. The lowest BCUT2D eigenvalue weighted by molar-refractivity contribution is -0.132. The molecule has 150 valence electrons. The molecule has 2 aliphatic rings. The number of amides is 1. The minimum absolute atomic E-state index is 0.0451. The van der Waals surface area contributed by atoms with Crippen molar-refractivity contribution < 1.29 is 23.7 Å². The predicted octanol–water partition coefficient (Wildman–Crippen LogP) is 2.83. The van der Waals surface area contributed by atoms with Crippen LogP contribution in [0.4, 0.5) is 0 Å². The van der Waals surface area contributed by atoms with Crippen molar-refractivity contribution in [1.82, 2.24) is 5.32 Å². The van der Waals surface area contributed by atoms with Crippen molar-refractivity contribution in [2.24, 2.45) is 0 Å². The van der Waals surface area contributed by atoms with Crippen LogP contribution in [-0.2, 0) is 19.7 Å². The summed E-state index contributed by atoms with van der Waals surface area (Å²) in [6.45, 7) is 7.10. The zero-order valence-electron chi connectivity index (χ0n) is 16.4. The molecule has 1 aliphatic heterocycles. The molecule has 6 nitrogen and oxygen atoms in total. The van der Waals surface area contributed by atoms with E-state index in [0.717, 1.165) is 24.3 Å². The third-order valence-electron chi connectivity index (χ3n) is 5.49. The van der Waals surface area contributed by atoms with Crippen LogP contribution in [0.2, 0.25) is 0 Å². The van der Waals surface area contributed by atoms with Crippen LogP contribution in [0.25, 0.3) is 0 Å². The number of hydrogen-bond donors (Lipinski definition) is 1. The third kappa shape index (κ3) is 4.93. The molecule has 1 heterocycles. The predicted molar refractivity (Wildman–Crippen MR) is 102 cm³/mol. The number of nitrogens with one attached hydrogen (secondary N) is 1. The second-order valence-electron chi connectivity index (χ2n) is 7.27. The van der Waals surface area contributed by atoms with E-state index in [1.165, 1.54) is 18.4 Å². The Balaban J connectivity index is 1.61. The van der Waals surface area contributed by atoms with Crippen molar-refractivity contribution in [2.75, 3.05) is 39.6 Å². The molecule has 3 rings (SSSR count). The molecule has 1 aromatic carbocycles. The van der Waals surface area contributed by atoms with Gasteiger partial charge in [-0.15, -0.1) is 0 Å². The highest BCUT2D eigenvalue weighted by atomic mass is 16.6. The summed E-state index contributed by atoms with van der Waals surface area (Å²) in [7, 11) is 0. The Bertz CT molecular complexity index is 627. The molecule has 1 unspecified atom stereocenters. The van der Waals surface area contributed by atoms with Gasteiger partial charge >= 0.3 is 0 Å². The van der Waals surface area contributed by atoms with Crippen LogP contribution >= 0.6 is 0 Å². The summed E-state index contributed by atoms with van der Waals surface area (Å²) >= 11 is 0. The molecule has 1 aromatic rings. The summed E-state index contributed by atoms with van der Waals surface area (Å²) in [5.41, 5.74) is 1.17. The van der Waals surface area contributed by atoms with Gasteiger partial charge in [0.15, 0.2) is 11.5 Å². The Hall–Kier alpha value is -1.79. The lowest BCUT2D eigenvalue weighted by atomic mass is 9.78. The Kier molecular flexibility index (Phi) is 6.96. The van der Waals surface area contributed by atoms with Gasteiger partial charge in [0.1, 0.15) is 19.3 Å². The fraction of sp³-hybridized carbons (Fsp3) is 0.667. The first kappa shape index (κ1) is 20.0. The highest BCUT2D eigenvalue weighted by Crippen LogP contribution is 2.43. The summed E-state index contributed by atoms with van der Waals surface area (Å²) in [5, 5.41) is 3.11. The Morgan fingerprint density at radius 3 is 2.67 bits per heavy atom. The van der Waals surface area contributed by atoms with Gasteiger partial charge in [-0.05, 0) is 44.4 Å². The molecule has 27 heavy (non-hydrogen) atoms. The molecular formula is C21H31NO5. The number of hydrogen-bond acceptors (Lipinski definition) is 5. The van der Waals surface area contributed by atoms with Gasteiger partial charge in [0, 0.05) is 18.6 Å². The lowest BCUT2D eigenvalue weighted by Crippen LogP contribution is -2.43. The zero-order valence-corrected chi connectivity index (χ0v) is 16.4. The van der Waals surface area contributed by atoms with Gasteiger partial charge in [0.2, 0.25) is 5.91 Å². The summed E-state index contributed by atoms with van der Waals surface area (Å²) in [5.74, 6) is 1.54. The number of ether oxygens (including phenoxy) is 4. The smallest absolute Gasteiger partial charge is 0.248 e. The van der Waals surface area contributed by atoms with Gasteiger partial charge in [-0.3, -0.25) is 4.79 Å². The van der Waals surface area contributed by atoms with Crippen LogP contribution in [0, 0.1) is 0 Å². The first-order valence-corrected chi connectivity index (χ1v) is 10.0. The van der Waals surface area contributed by atoms with Crippen LogP contribution in [0.1, 0.15) is 45.1 Å². The Labute approximate surface area is 161 Å². The van der Waals surface area contributed by atoms with E-state index >= 15 is 0 Å². The van der Waals surface area contributed by atoms with E-state index in [9.17, 15) is 4.79 Å². The van der Waals surface area contributed by atoms with Crippen molar-refractivity contribution in [3.63, 3.8) is 0 Å². The van der Waals surface area contributed by atoms with E-state index in [-0.39, 0.29) is 11.3 Å². The minimum atomic E-state index is -0.482. The first-order chi connectivity index (χ1) is 13.1. The summed E-state index contributed by atoms with van der Waals surface area (Å²) < 4.78 is 22.2. The summed E-state index contributed by atoms with van der Waals surface area (Å²) in [6, 6.07) is 6.20. The third-order valence-corrected chi connectivity index (χ3v) is 5.49. The second kappa shape index (κ2) is 9.42. The largest absolute Gasteiger partial charge is 0.486 e. The number of carbonyl (C=O) groups excluding carboxylic acids is 1. The topological polar surface area (TPSA) is 66.0 Å². The maximum absolute atomic E-state index is 12.4. The van der Waals surface area contributed by atoms with E-state index in [0.29, 0.717) is 39.6 Å². The Morgan fingerprint density at radius 1 is 1.19 bits per heavy atom. The molecule has 0 bridgehead atoms. The first-order valence-electron chi connectivity index (χ1n) is 10.0. The van der Waals surface area contributed by atoms with Crippen LogP contribution in [-0.4, -0.2) is 51.6 Å². The number of carbonyl (C=O) groups is 1. The highest BCUT2D eigenvalue weighted by Gasteiger charge is 2.37. The van der Waals surface area contributed by atoms with E-state index in [2.05, 4.69) is 17.4 Å². The van der Waals surface area contributed by atoms with Crippen LogP contribution in [0.5, 0.6) is 11.5 Å². The van der Waals surface area contributed by atoms with Crippen LogP contribution in [0.3, 0.4) is 0 Å². The Morgan fingerprint density at radius 2 is 1.93 bits per heavy atom. The standard InChI is InChI=1S/C21H31NO5/c1-3-24-10-11-25-16(2)20(23)22-15-21(8-4-5-9-21)17-6-7-18-19(14-17)27-13-12-26-18/h6-7,14,16H,3-5,8-13,15H2,1-2H3,(H,22,23). The van der Waals surface area contributed by atoms with Gasteiger partial charge in [-0.25, -0.2) is 0 Å². The van der Waals surface area contributed by atoms with E-state index in [1.807, 2.05) is 13.0 Å². The van der Waals surface area contributed by atoms with Crippen molar-refractivity contribution in [3.8, 4) is 11.5 Å². The van der Waals surface area contributed by atoms with E-state index in [4.69, 9.17) is 18.9 Å². The minimum Gasteiger partial charge on any atom is -0.486 e. The molecule has 1 saturated carbocycles. The van der Waals surface area contributed by atoms with Crippen molar-refractivity contribution in [3.05, 3.63) is 23.8 Å². The molecule has 0 aromatic heterocycles. The van der Waals surface area contributed by atoms with Crippen LogP contribution in [0.15, 0.2) is 18.2 Å². The van der Waals surface area contributed by atoms with E-state index in [1.54, 1.807) is 6.92 Å². The monoisotopic (exact) mass is 377 g/mol. The fourth-order valence-corrected chi connectivity index (χ4v) is 3.90. The van der Waals surface area contributed by atoms with E-state index < -0.39 is 6.10 Å². The molecule has 0 spiro atoms. The quantitative estimate of drug-likeness (QED) is 0.671.